The van der Waals surface area contributed by atoms with Gasteiger partial charge in [0.05, 0.1) is 7.11 Å². The van der Waals surface area contributed by atoms with Crippen molar-refractivity contribution < 1.29 is 48.6 Å². The Morgan fingerprint density at radius 2 is 0.935 bits per heavy atom. The van der Waals surface area contributed by atoms with Crippen LogP contribution in [0.25, 0.3) is 0 Å². The zero-order chi connectivity index (χ0) is 23.2. The predicted octanol–water partition coefficient (Wildman–Crippen LogP) is 3.60. The maximum Gasteiger partial charge on any atom is 0.413 e. The van der Waals surface area contributed by atoms with E-state index in [2.05, 4.69) is 0 Å². The molecule has 0 aliphatic rings. The van der Waals surface area contributed by atoms with Crippen LogP contribution in [-0.4, -0.2) is 21.3 Å². The highest BCUT2D eigenvalue weighted by atomic mass is 27.2. The topological polar surface area (TPSA) is 9.23 Å². The molecule has 162 valence electrons. The number of benzene rings is 3. The Bertz CT molecular complexity index is 1130. The standard InChI is InChI=1S/C7H5F2O.2C6HF4.Al/c1-10-7-3-5(8)2-6(9)4-7;2*7-3-1-4(8)6(10)5(9)2-3;/h2-3H,1H3;2*1H;. The second kappa shape index (κ2) is 8.44. The first-order valence-corrected chi connectivity index (χ1v) is 9.91. The first-order chi connectivity index (χ1) is 14.5. The van der Waals surface area contributed by atoms with E-state index >= 15 is 0 Å². The van der Waals surface area contributed by atoms with Crippen LogP contribution in [-0.2, 0) is 0 Å². The molecule has 0 N–H and O–H groups in total. The molecular weight excluding hydrogens is 461 g/mol. The van der Waals surface area contributed by atoms with Gasteiger partial charge in [0.25, 0.3) is 0 Å². The lowest BCUT2D eigenvalue weighted by molar-refractivity contribution is 0.411. The van der Waals surface area contributed by atoms with Gasteiger partial charge in [-0.3, -0.25) is 0 Å². The fraction of sp³-hybridized carbons (Fsp3) is 0.0526. The van der Waals surface area contributed by atoms with Crippen LogP contribution >= 0.6 is 0 Å². The molecule has 0 radical (unpaired) electrons. The maximum atomic E-state index is 14.7. The van der Waals surface area contributed by atoms with E-state index in [1.54, 1.807) is 0 Å². The minimum Gasteiger partial charge on any atom is -0.498 e. The molecular formula is C19H7AlF10O. The van der Waals surface area contributed by atoms with E-state index in [0.29, 0.717) is 6.07 Å². The second-order valence-electron chi connectivity index (χ2n) is 6.20. The van der Waals surface area contributed by atoms with Gasteiger partial charge in [0.2, 0.25) is 0 Å². The Labute approximate surface area is 171 Å². The third-order valence-corrected chi connectivity index (χ3v) is 7.79. The number of hydrogen-bond acceptors (Lipinski definition) is 1. The lowest BCUT2D eigenvalue weighted by Gasteiger charge is -2.20. The summed E-state index contributed by atoms with van der Waals surface area (Å²) in [4.78, 5) is 0. The quantitative estimate of drug-likeness (QED) is 0.246. The molecule has 3 aromatic rings. The van der Waals surface area contributed by atoms with Crippen molar-refractivity contribution in [1.82, 2.24) is 0 Å². The van der Waals surface area contributed by atoms with Crippen molar-refractivity contribution in [1.29, 1.82) is 0 Å². The molecule has 12 heteroatoms. The van der Waals surface area contributed by atoms with Crippen LogP contribution in [0.3, 0.4) is 0 Å². The summed E-state index contributed by atoms with van der Waals surface area (Å²) in [5.74, 6) is -20.6. The SMILES string of the molecule is COc1cc(F)cc(F)[c]1[Al]([c]1c(F)cc(F)c(F)c1F)[c]1c(F)cc(F)c(F)c1F. The molecule has 0 spiro atoms. The zero-order valence-electron chi connectivity index (χ0n) is 15.1. The summed E-state index contributed by atoms with van der Waals surface area (Å²) in [7, 11) is 0.846. The summed E-state index contributed by atoms with van der Waals surface area (Å²) < 4.78 is 142. The monoisotopic (exact) mass is 468 g/mol. The van der Waals surface area contributed by atoms with Crippen molar-refractivity contribution in [2.75, 3.05) is 7.11 Å². The Kier molecular flexibility index (Phi) is 6.25. The van der Waals surface area contributed by atoms with Gasteiger partial charge in [-0.15, -0.1) is 0 Å². The van der Waals surface area contributed by atoms with Crippen molar-refractivity contribution in [3.05, 3.63) is 82.4 Å². The van der Waals surface area contributed by atoms with Crippen LogP contribution in [0.4, 0.5) is 43.9 Å². The number of rotatable bonds is 4. The Balaban J connectivity index is 2.54. The van der Waals surface area contributed by atoms with Gasteiger partial charge >= 0.3 is 14.1 Å². The minimum atomic E-state index is -4.66. The minimum absolute atomic E-state index is 0.169. The molecule has 0 unspecified atom stereocenters. The lowest BCUT2D eigenvalue weighted by atomic mass is 10.3. The van der Waals surface area contributed by atoms with Gasteiger partial charge in [0.1, 0.15) is 29.0 Å². The molecule has 0 aliphatic carbocycles. The van der Waals surface area contributed by atoms with Crippen molar-refractivity contribution in [3.63, 3.8) is 0 Å². The molecule has 0 heterocycles. The summed E-state index contributed by atoms with van der Waals surface area (Å²) in [5, 5.41) is 0. The van der Waals surface area contributed by atoms with Crippen LogP contribution in [0.5, 0.6) is 5.75 Å². The first kappa shape index (κ1) is 23.0. The molecule has 0 amide bonds. The van der Waals surface area contributed by atoms with Crippen LogP contribution in [0.2, 0.25) is 0 Å². The Morgan fingerprint density at radius 1 is 0.516 bits per heavy atom. The van der Waals surface area contributed by atoms with Crippen molar-refractivity contribution >= 4 is 27.4 Å². The normalized spacial score (nSPS) is 11.1. The molecule has 0 saturated heterocycles. The highest BCUT2D eigenvalue weighted by Gasteiger charge is 2.42. The van der Waals surface area contributed by atoms with Crippen molar-refractivity contribution in [3.8, 4) is 5.75 Å². The van der Waals surface area contributed by atoms with E-state index in [4.69, 9.17) is 4.74 Å². The zero-order valence-corrected chi connectivity index (χ0v) is 16.2. The van der Waals surface area contributed by atoms with Crippen LogP contribution in [0, 0.1) is 58.2 Å². The molecule has 0 saturated carbocycles. The highest BCUT2D eigenvalue weighted by Crippen LogP contribution is 2.20. The average Bonchev–Trinajstić information content (AvgIpc) is 2.69. The molecule has 0 aliphatic heterocycles. The van der Waals surface area contributed by atoms with E-state index in [1.165, 1.54) is 0 Å². The second-order valence-corrected chi connectivity index (χ2v) is 8.80. The molecule has 0 atom stereocenters. The summed E-state index contributed by atoms with van der Waals surface area (Å²) in [6.07, 6.45) is 0. The third kappa shape index (κ3) is 3.86. The van der Waals surface area contributed by atoms with Gasteiger partial charge < -0.3 is 4.74 Å². The molecule has 3 aromatic carbocycles. The number of methoxy groups -OCH3 is 1. The fourth-order valence-electron chi connectivity index (χ4n) is 3.13. The number of hydrogen-bond donors (Lipinski definition) is 0. The van der Waals surface area contributed by atoms with Crippen LogP contribution in [0.1, 0.15) is 0 Å². The van der Waals surface area contributed by atoms with Crippen molar-refractivity contribution in [2.24, 2.45) is 0 Å². The number of halogens is 10. The maximum absolute atomic E-state index is 14.7. The molecule has 0 bridgehead atoms. The van der Waals surface area contributed by atoms with Gasteiger partial charge in [-0.2, -0.15) is 0 Å². The highest BCUT2D eigenvalue weighted by molar-refractivity contribution is 6.96. The summed E-state index contributed by atoms with van der Waals surface area (Å²) in [5.41, 5.74) is 0. The molecule has 31 heavy (non-hydrogen) atoms. The Morgan fingerprint density at radius 3 is 1.35 bits per heavy atom. The predicted molar refractivity (Wildman–Crippen MR) is 90.1 cm³/mol. The average molecular weight is 468 g/mol. The molecule has 3 rings (SSSR count). The summed E-state index contributed by atoms with van der Waals surface area (Å²) >= 11 is -4.66. The van der Waals surface area contributed by atoms with E-state index in [-0.39, 0.29) is 18.2 Å². The summed E-state index contributed by atoms with van der Waals surface area (Å²) in [6.45, 7) is 0. The van der Waals surface area contributed by atoms with Crippen LogP contribution < -0.4 is 18.0 Å². The molecule has 0 aromatic heterocycles. The summed E-state index contributed by atoms with van der Waals surface area (Å²) in [6, 6.07) is 0.321. The third-order valence-electron chi connectivity index (χ3n) is 4.44. The molecule has 0 fully saturated rings. The van der Waals surface area contributed by atoms with E-state index in [0.717, 1.165) is 7.11 Å². The smallest absolute Gasteiger partial charge is 0.413 e. The number of ether oxygens (including phenoxy) is 1. The van der Waals surface area contributed by atoms with E-state index in [9.17, 15) is 43.9 Å². The van der Waals surface area contributed by atoms with Gasteiger partial charge in [0.15, 0.2) is 34.9 Å². The lowest BCUT2D eigenvalue weighted by Crippen LogP contribution is -2.58. The van der Waals surface area contributed by atoms with Gasteiger partial charge in [-0.05, 0) is 13.3 Å². The van der Waals surface area contributed by atoms with Gasteiger partial charge in [-0.1, -0.05) is 0 Å². The van der Waals surface area contributed by atoms with Gasteiger partial charge in [0, 0.05) is 24.3 Å². The van der Waals surface area contributed by atoms with Crippen molar-refractivity contribution in [2.45, 2.75) is 0 Å². The van der Waals surface area contributed by atoms with Crippen LogP contribution in [0.15, 0.2) is 24.3 Å². The van der Waals surface area contributed by atoms with Gasteiger partial charge in [-0.25, -0.2) is 43.9 Å². The van der Waals surface area contributed by atoms with E-state index < -0.39 is 91.3 Å². The molecule has 1 nitrogen and oxygen atoms in total. The fourth-order valence-corrected chi connectivity index (χ4v) is 6.32. The van der Waals surface area contributed by atoms with E-state index in [1.807, 2.05) is 0 Å². The first-order valence-electron chi connectivity index (χ1n) is 8.18. The largest absolute Gasteiger partial charge is 0.498 e. The Hall–Kier alpha value is -2.71.